The Labute approximate surface area is 164 Å². The third-order valence-electron chi connectivity index (χ3n) is 4.66. The van der Waals surface area contributed by atoms with Gasteiger partial charge in [0.2, 0.25) is 11.8 Å². The molecule has 1 aliphatic rings. The minimum absolute atomic E-state index is 0.136. The SMILES string of the molecule is COc1ccc(NC(=O)[C@@H](C)Nc2cccc(N3CCCC3=O)c2)cc1OC. The lowest BCUT2D eigenvalue weighted by Gasteiger charge is -2.19. The molecule has 0 aromatic heterocycles. The number of benzene rings is 2. The van der Waals surface area contributed by atoms with Crippen molar-refractivity contribution in [2.45, 2.75) is 25.8 Å². The van der Waals surface area contributed by atoms with E-state index in [-0.39, 0.29) is 11.8 Å². The van der Waals surface area contributed by atoms with Crippen molar-refractivity contribution in [3.63, 3.8) is 0 Å². The number of nitrogens with one attached hydrogen (secondary N) is 2. The number of nitrogens with zero attached hydrogens (tertiary/aromatic N) is 1. The van der Waals surface area contributed by atoms with Gasteiger partial charge in [0.25, 0.3) is 0 Å². The largest absolute Gasteiger partial charge is 0.493 e. The zero-order chi connectivity index (χ0) is 20.1. The summed E-state index contributed by atoms with van der Waals surface area (Å²) in [7, 11) is 3.11. The number of hydrogen-bond donors (Lipinski definition) is 2. The quantitative estimate of drug-likeness (QED) is 0.767. The molecule has 0 saturated carbocycles. The van der Waals surface area contributed by atoms with Crippen LogP contribution in [-0.2, 0) is 9.59 Å². The summed E-state index contributed by atoms with van der Waals surface area (Å²) in [4.78, 5) is 26.3. The van der Waals surface area contributed by atoms with Crippen LogP contribution in [0.15, 0.2) is 42.5 Å². The maximum absolute atomic E-state index is 12.6. The van der Waals surface area contributed by atoms with Crippen molar-refractivity contribution in [2.75, 3.05) is 36.3 Å². The van der Waals surface area contributed by atoms with E-state index in [1.165, 1.54) is 0 Å². The Morgan fingerprint density at radius 3 is 2.54 bits per heavy atom. The van der Waals surface area contributed by atoms with Crippen molar-refractivity contribution >= 4 is 28.9 Å². The van der Waals surface area contributed by atoms with E-state index in [0.29, 0.717) is 23.6 Å². The zero-order valence-electron chi connectivity index (χ0n) is 16.3. The summed E-state index contributed by atoms with van der Waals surface area (Å²) in [5.41, 5.74) is 2.25. The smallest absolute Gasteiger partial charge is 0.246 e. The fourth-order valence-electron chi connectivity index (χ4n) is 3.16. The maximum Gasteiger partial charge on any atom is 0.246 e. The molecule has 28 heavy (non-hydrogen) atoms. The normalized spacial score (nSPS) is 14.5. The van der Waals surface area contributed by atoms with Gasteiger partial charge < -0.3 is 25.0 Å². The zero-order valence-corrected chi connectivity index (χ0v) is 16.3. The molecule has 7 nitrogen and oxygen atoms in total. The number of carbonyl (C=O) groups is 2. The average molecular weight is 383 g/mol. The molecule has 0 spiro atoms. The Bertz CT molecular complexity index is 868. The molecule has 1 fully saturated rings. The van der Waals surface area contributed by atoms with Crippen LogP contribution in [0.2, 0.25) is 0 Å². The number of hydrogen-bond acceptors (Lipinski definition) is 5. The van der Waals surface area contributed by atoms with Crippen LogP contribution in [0.3, 0.4) is 0 Å². The van der Waals surface area contributed by atoms with Crippen LogP contribution in [0, 0.1) is 0 Å². The molecule has 3 rings (SSSR count). The molecule has 2 N–H and O–H groups in total. The Balaban J connectivity index is 1.65. The fraction of sp³-hybridized carbons (Fsp3) is 0.333. The van der Waals surface area contributed by atoms with Gasteiger partial charge in [-0.3, -0.25) is 9.59 Å². The summed E-state index contributed by atoms with van der Waals surface area (Å²) < 4.78 is 10.5. The highest BCUT2D eigenvalue weighted by atomic mass is 16.5. The molecule has 1 atom stereocenters. The van der Waals surface area contributed by atoms with E-state index in [1.54, 1.807) is 44.2 Å². The standard InChI is InChI=1S/C21H25N3O4/c1-14(21(26)23-16-9-10-18(27-2)19(13-16)28-3)22-15-6-4-7-17(12-15)24-11-5-8-20(24)25/h4,6-7,9-10,12-14,22H,5,8,11H2,1-3H3,(H,23,26)/t14-/m1/s1. The first-order chi connectivity index (χ1) is 13.5. The number of anilines is 3. The summed E-state index contributed by atoms with van der Waals surface area (Å²) in [5.74, 6) is 1.09. The number of carbonyl (C=O) groups excluding carboxylic acids is 2. The molecule has 2 aromatic carbocycles. The van der Waals surface area contributed by atoms with E-state index in [1.807, 2.05) is 24.3 Å². The van der Waals surface area contributed by atoms with Crippen molar-refractivity contribution in [3.05, 3.63) is 42.5 Å². The number of methoxy groups -OCH3 is 2. The van der Waals surface area contributed by atoms with Gasteiger partial charge in [-0.25, -0.2) is 0 Å². The minimum atomic E-state index is -0.474. The van der Waals surface area contributed by atoms with Crippen molar-refractivity contribution < 1.29 is 19.1 Å². The number of amides is 2. The highest BCUT2D eigenvalue weighted by Crippen LogP contribution is 2.30. The molecular formula is C21H25N3O4. The van der Waals surface area contributed by atoms with E-state index >= 15 is 0 Å². The van der Waals surface area contributed by atoms with Crippen molar-refractivity contribution in [1.29, 1.82) is 0 Å². The first-order valence-electron chi connectivity index (χ1n) is 9.21. The predicted molar refractivity (Wildman–Crippen MR) is 109 cm³/mol. The van der Waals surface area contributed by atoms with E-state index < -0.39 is 6.04 Å². The van der Waals surface area contributed by atoms with Gasteiger partial charge in [0.1, 0.15) is 6.04 Å². The lowest BCUT2D eigenvalue weighted by Crippen LogP contribution is -2.32. The Morgan fingerprint density at radius 1 is 1.07 bits per heavy atom. The summed E-state index contributed by atoms with van der Waals surface area (Å²) in [6, 6.07) is 12.3. The van der Waals surface area contributed by atoms with Gasteiger partial charge in [-0.15, -0.1) is 0 Å². The topological polar surface area (TPSA) is 79.9 Å². The van der Waals surface area contributed by atoms with Crippen molar-refractivity contribution in [2.24, 2.45) is 0 Å². The molecule has 0 aliphatic carbocycles. The van der Waals surface area contributed by atoms with Gasteiger partial charge in [-0.1, -0.05) is 6.07 Å². The second kappa shape index (κ2) is 8.65. The van der Waals surface area contributed by atoms with Crippen LogP contribution in [0.1, 0.15) is 19.8 Å². The third-order valence-corrected chi connectivity index (χ3v) is 4.66. The Kier molecular flexibility index (Phi) is 6.03. The van der Waals surface area contributed by atoms with Gasteiger partial charge in [-0.05, 0) is 43.7 Å². The second-order valence-electron chi connectivity index (χ2n) is 6.62. The number of rotatable bonds is 7. The minimum Gasteiger partial charge on any atom is -0.493 e. The van der Waals surface area contributed by atoms with E-state index in [0.717, 1.165) is 24.3 Å². The average Bonchev–Trinajstić information content (AvgIpc) is 3.14. The molecule has 2 aromatic rings. The number of ether oxygens (including phenoxy) is 2. The van der Waals surface area contributed by atoms with Crippen molar-refractivity contribution in [3.8, 4) is 11.5 Å². The third kappa shape index (κ3) is 4.36. The molecule has 0 bridgehead atoms. The monoisotopic (exact) mass is 383 g/mol. The lowest BCUT2D eigenvalue weighted by molar-refractivity contribution is -0.117. The van der Waals surface area contributed by atoms with Gasteiger partial charge in [0, 0.05) is 36.1 Å². The summed E-state index contributed by atoms with van der Waals surface area (Å²) in [5, 5.41) is 6.05. The highest BCUT2D eigenvalue weighted by molar-refractivity contribution is 5.97. The van der Waals surface area contributed by atoms with Crippen LogP contribution < -0.4 is 25.0 Å². The van der Waals surface area contributed by atoms with Gasteiger partial charge in [0.15, 0.2) is 11.5 Å². The Morgan fingerprint density at radius 2 is 1.86 bits per heavy atom. The van der Waals surface area contributed by atoms with E-state index in [4.69, 9.17) is 9.47 Å². The first-order valence-corrected chi connectivity index (χ1v) is 9.21. The van der Waals surface area contributed by atoms with Crippen molar-refractivity contribution in [1.82, 2.24) is 0 Å². The molecule has 1 saturated heterocycles. The van der Waals surface area contributed by atoms with E-state index in [2.05, 4.69) is 10.6 Å². The molecular weight excluding hydrogens is 358 g/mol. The van der Waals surface area contributed by atoms with E-state index in [9.17, 15) is 9.59 Å². The molecule has 1 heterocycles. The maximum atomic E-state index is 12.6. The first kappa shape index (κ1) is 19.5. The Hall–Kier alpha value is -3.22. The molecule has 0 unspecified atom stereocenters. The summed E-state index contributed by atoms with van der Waals surface area (Å²) in [6.45, 7) is 2.52. The predicted octanol–water partition coefficient (Wildman–Crippen LogP) is 3.27. The summed E-state index contributed by atoms with van der Waals surface area (Å²) >= 11 is 0. The second-order valence-corrected chi connectivity index (χ2v) is 6.62. The van der Waals surface area contributed by atoms with Gasteiger partial charge >= 0.3 is 0 Å². The van der Waals surface area contributed by atoms with Gasteiger partial charge in [-0.2, -0.15) is 0 Å². The van der Waals surface area contributed by atoms with Crippen LogP contribution in [0.5, 0.6) is 11.5 Å². The molecule has 7 heteroatoms. The lowest BCUT2D eigenvalue weighted by atomic mass is 10.2. The molecule has 148 valence electrons. The van der Waals surface area contributed by atoms with Gasteiger partial charge in [0.05, 0.1) is 14.2 Å². The summed E-state index contributed by atoms with van der Waals surface area (Å²) in [6.07, 6.45) is 1.46. The molecule has 0 radical (unpaired) electrons. The van der Waals surface area contributed by atoms with Crippen LogP contribution in [-0.4, -0.2) is 38.6 Å². The van der Waals surface area contributed by atoms with Crippen LogP contribution in [0.25, 0.3) is 0 Å². The highest BCUT2D eigenvalue weighted by Gasteiger charge is 2.22. The van der Waals surface area contributed by atoms with Crippen LogP contribution in [0.4, 0.5) is 17.1 Å². The molecule has 1 aliphatic heterocycles. The fourth-order valence-corrected chi connectivity index (χ4v) is 3.16. The molecule has 2 amide bonds. The van der Waals surface area contributed by atoms with Crippen LogP contribution >= 0.6 is 0 Å².